The Morgan fingerprint density at radius 3 is 2.38 bits per heavy atom. The first kappa shape index (κ1) is 21.4. The number of hydrogen-bond acceptors (Lipinski definition) is 4. The first-order valence-corrected chi connectivity index (χ1v) is 10.6. The molecule has 0 spiro atoms. The summed E-state index contributed by atoms with van der Waals surface area (Å²) >= 11 is 0. The van der Waals surface area contributed by atoms with Gasteiger partial charge < -0.3 is 19.1 Å². The van der Waals surface area contributed by atoms with Crippen LogP contribution in [0.15, 0.2) is 71.5 Å². The van der Waals surface area contributed by atoms with Crippen LogP contribution in [0.3, 0.4) is 0 Å². The number of nitrogens with zero attached hydrogens (tertiary/aromatic N) is 2. The number of carbonyl (C=O) groups excluding carboxylic acids is 1. The second kappa shape index (κ2) is 9.14. The van der Waals surface area contributed by atoms with Crippen molar-refractivity contribution >= 4 is 5.91 Å². The molecule has 2 aromatic heterocycles. The molecular formula is C26H27N3O3. The molecule has 0 radical (unpaired) electrons. The molecule has 1 unspecified atom stereocenters. The summed E-state index contributed by atoms with van der Waals surface area (Å²) in [7, 11) is 0. The predicted molar refractivity (Wildman–Crippen MR) is 123 cm³/mol. The molecule has 1 atom stereocenters. The van der Waals surface area contributed by atoms with Gasteiger partial charge in [0.05, 0.1) is 11.6 Å². The van der Waals surface area contributed by atoms with E-state index in [1.165, 1.54) is 0 Å². The van der Waals surface area contributed by atoms with Gasteiger partial charge in [0.1, 0.15) is 18.1 Å². The largest absolute Gasteiger partial charge is 0.489 e. The van der Waals surface area contributed by atoms with E-state index in [-0.39, 0.29) is 24.2 Å². The van der Waals surface area contributed by atoms with Crippen LogP contribution in [-0.4, -0.2) is 15.6 Å². The normalized spacial score (nSPS) is 11.9. The van der Waals surface area contributed by atoms with Gasteiger partial charge in [-0.3, -0.25) is 4.79 Å². The van der Waals surface area contributed by atoms with Crippen LogP contribution in [0.2, 0.25) is 0 Å². The number of nitrogens with one attached hydrogen (secondary N) is 1. The quantitative estimate of drug-likeness (QED) is 0.423. The van der Waals surface area contributed by atoms with E-state index in [4.69, 9.17) is 9.26 Å². The summed E-state index contributed by atoms with van der Waals surface area (Å²) < 4.78 is 13.3. The van der Waals surface area contributed by atoms with Crippen LogP contribution >= 0.6 is 0 Å². The van der Waals surface area contributed by atoms with E-state index < -0.39 is 0 Å². The monoisotopic (exact) mass is 429 g/mol. The fourth-order valence-corrected chi connectivity index (χ4v) is 3.70. The van der Waals surface area contributed by atoms with Gasteiger partial charge >= 0.3 is 0 Å². The Labute approximate surface area is 187 Å². The van der Waals surface area contributed by atoms with Gasteiger partial charge in [-0.1, -0.05) is 23.4 Å². The number of aryl methyl sites for hydroxylation is 3. The Bertz CT molecular complexity index is 1190. The third-order valence-electron chi connectivity index (χ3n) is 5.42. The summed E-state index contributed by atoms with van der Waals surface area (Å²) in [5.74, 6) is 1.04. The van der Waals surface area contributed by atoms with E-state index in [0.717, 1.165) is 28.1 Å². The molecule has 1 N–H and O–H groups in total. The maximum atomic E-state index is 12.9. The van der Waals surface area contributed by atoms with Crippen molar-refractivity contribution in [2.75, 3.05) is 0 Å². The molecule has 164 valence electrons. The van der Waals surface area contributed by atoms with E-state index >= 15 is 0 Å². The minimum Gasteiger partial charge on any atom is -0.489 e. The molecule has 2 aromatic carbocycles. The lowest BCUT2D eigenvalue weighted by Crippen LogP contribution is -2.28. The van der Waals surface area contributed by atoms with Crippen LogP contribution in [0.4, 0.5) is 0 Å². The van der Waals surface area contributed by atoms with Gasteiger partial charge in [0.25, 0.3) is 5.91 Å². The molecular weight excluding hydrogens is 402 g/mol. The van der Waals surface area contributed by atoms with E-state index in [1.54, 1.807) is 6.92 Å². The predicted octanol–water partition coefficient (Wildman–Crippen LogP) is 5.46. The Balaban J connectivity index is 1.44. The van der Waals surface area contributed by atoms with Crippen molar-refractivity contribution in [3.63, 3.8) is 0 Å². The van der Waals surface area contributed by atoms with Crippen molar-refractivity contribution in [1.82, 2.24) is 15.0 Å². The fourth-order valence-electron chi connectivity index (χ4n) is 3.70. The van der Waals surface area contributed by atoms with Gasteiger partial charge in [0.2, 0.25) is 0 Å². The topological polar surface area (TPSA) is 69.3 Å². The molecule has 0 saturated heterocycles. The van der Waals surface area contributed by atoms with Crippen molar-refractivity contribution < 1.29 is 14.1 Å². The van der Waals surface area contributed by atoms with Crippen LogP contribution in [0.1, 0.15) is 51.5 Å². The summed E-state index contributed by atoms with van der Waals surface area (Å²) in [6, 6.07) is 17.9. The molecule has 0 saturated carbocycles. The Morgan fingerprint density at radius 2 is 1.72 bits per heavy atom. The summed E-state index contributed by atoms with van der Waals surface area (Å²) in [4.78, 5) is 12.9. The van der Waals surface area contributed by atoms with Crippen molar-refractivity contribution in [2.24, 2.45) is 0 Å². The average Bonchev–Trinajstić information content (AvgIpc) is 3.42. The van der Waals surface area contributed by atoms with Gasteiger partial charge in [-0.2, -0.15) is 0 Å². The number of ether oxygens (including phenoxy) is 1. The average molecular weight is 430 g/mol. The molecule has 6 nitrogen and oxygen atoms in total. The zero-order valence-electron chi connectivity index (χ0n) is 18.8. The molecule has 0 aliphatic heterocycles. The SMILES string of the molecule is Cc1cc(C)cc(OCc2c(C(=O)NC(C)c3ccc(-n4cccc4)cc3)noc2C)c1. The van der Waals surface area contributed by atoms with Gasteiger partial charge in [0, 0.05) is 18.1 Å². The molecule has 4 aromatic rings. The lowest BCUT2D eigenvalue weighted by atomic mass is 10.1. The van der Waals surface area contributed by atoms with E-state index in [9.17, 15) is 4.79 Å². The highest BCUT2D eigenvalue weighted by atomic mass is 16.5. The van der Waals surface area contributed by atoms with E-state index in [0.29, 0.717) is 11.3 Å². The van der Waals surface area contributed by atoms with Crippen molar-refractivity contribution in [3.8, 4) is 11.4 Å². The van der Waals surface area contributed by atoms with Gasteiger partial charge in [-0.05, 0) is 80.8 Å². The molecule has 0 bridgehead atoms. The lowest BCUT2D eigenvalue weighted by molar-refractivity contribution is 0.0928. The maximum Gasteiger partial charge on any atom is 0.274 e. The summed E-state index contributed by atoms with van der Waals surface area (Å²) in [5.41, 5.74) is 5.21. The van der Waals surface area contributed by atoms with E-state index in [2.05, 4.69) is 16.5 Å². The summed E-state index contributed by atoms with van der Waals surface area (Å²) in [5, 5.41) is 7.00. The van der Waals surface area contributed by atoms with Gasteiger partial charge in [0.15, 0.2) is 5.69 Å². The number of rotatable bonds is 7. The highest BCUT2D eigenvalue weighted by Gasteiger charge is 2.22. The number of amides is 1. The van der Waals surface area contributed by atoms with Gasteiger partial charge in [-0.25, -0.2) is 0 Å². The second-order valence-electron chi connectivity index (χ2n) is 8.06. The standard InChI is InChI=1S/C26H27N3O3/c1-17-13-18(2)15-23(14-17)31-16-24-20(4)32-28-25(24)26(30)27-19(3)21-7-9-22(10-8-21)29-11-5-6-12-29/h5-15,19H,16H2,1-4H3,(H,27,30). The molecule has 0 fully saturated rings. The lowest BCUT2D eigenvalue weighted by Gasteiger charge is -2.15. The minimum atomic E-state index is -0.289. The molecule has 1 amide bonds. The summed E-state index contributed by atoms with van der Waals surface area (Å²) in [6.07, 6.45) is 3.99. The third kappa shape index (κ3) is 4.75. The smallest absolute Gasteiger partial charge is 0.274 e. The zero-order chi connectivity index (χ0) is 22.7. The Morgan fingerprint density at radius 1 is 1.06 bits per heavy atom. The molecule has 2 heterocycles. The van der Waals surface area contributed by atoms with Crippen molar-refractivity contribution in [1.29, 1.82) is 0 Å². The number of carbonyl (C=O) groups is 1. The molecule has 6 heteroatoms. The van der Waals surface area contributed by atoms with E-state index in [1.807, 2.05) is 86.3 Å². The fraction of sp³-hybridized carbons (Fsp3) is 0.231. The number of benzene rings is 2. The van der Waals surface area contributed by atoms with Crippen molar-refractivity contribution in [3.05, 3.63) is 101 Å². The molecule has 4 rings (SSSR count). The minimum absolute atomic E-state index is 0.189. The Hall–Kier alpha value is -3.80. The molecule has 0 aliphatic rings. The van der Waals surface area contributed by atoms with Crippen LogP contribution in [0.25, 0.3) is 5.69 Å². The number of aromatic nitrogens is 2. The maximum absolute atomic E-state index is 12.9. The van der Waals surface area contributed by atoms with Crippen LogP contribution in [-0.2, 0) is 6.61 Å². The second-order valence-corrected chi connectivity index (χ2v) is 8.06. The highest BCUT2D eigenvalue weighted by Crippen LogP contribution is 2.22. The number of hydrogen-bond donors (Lipinski definition) is 1. The van der Waals surface area contributed by atoms with Crippen LogP contribution < -0.4 is 10.1 Å². The molecule has 32 heavy (non-hydrogen) atoms. The first-order chi connectivity index (χ1) is 15.4. The zero-order valence-corrected chi connectivity index (χ0v) is 18.8. The summed E-state index contributed by atoms with van der Waals surface area (Å²) in [6.45, 7) is 7.99. The molecule has 0 aliphatic carbocycles. The van der Waals surface area contributed by atoms with Gasteiger partial charge in [-0.15, -0.1) is 0 Å². The van der Waals surface area contributed by atoms with Crippen LogP contribution in [0.5, 0.6) is 5.75 Å². The third-order valence-corrected chi connectivity index (χ3v) is 5.42. The highest BCUT2D eigenvalue weighted by molar-refractivity contribution is 5.94. The van der Waals surface area contributed by atoms with Crippen molar-refractivity contribution in [2.45, 2.75) is 40.3 Å². The first-order valence-electron chi connectivity index (χ1n) is 10.6. The van der Waals surface area contributed by atoms with Crippen LogP contribution in [0, 0.1) is 20.8 Å². The Kier molecular flexibility index (Phi) is 6.12.